The van der Waals surface area contributed by atoms with Gasteiger partial charge in [0, 0.05) is 27.4 Å². The Bertz CT molecular complexity index is 339. The van der Waals surface area contributed by atoms with Crippen LogP contribution in [0.5, 0.6) is 0 Å². The molecule has 1 radical (unpaired) electrons. The highest BCUT2D eigenvalue weighted by atomic mass is 28.4. The van der Waals surface area contributed by atoms with Crippen LogP contribution in [0, 0.1) is 11.8 Å². The zero-order valence-corrected chi connectivity index (χ0v) is 22.5. The van der Waals surface area contributed by atoms with Gasteiger partial charge < -0.3 is 13.3 Å². The first-order chi connectivity index (χ1) is 14.5. The highest BCUT2D eigenvalue weighted by Gasteiger charge is 2.37. The van der Waals surface area contributed by atoms with E-state index in [1.807, 2.05) is 0 Å². The van der Waals surface area contributed by atoms with Crippen molar-refractivity contribution in [2.75, 3.05) is 21.3 Å². The van der Waals surface area contributed by atoms with Gasteiger partial charge in [0.05, 0.1) is 0 Å². The first-order valence-corrected chi connectivity index (χ1v) is 15.0. The smallest absolute Gasteiger partial charge is 0.377 e. The van der Waals surface area contributed by atoms with E-state index in [9.17, 15) is 0 Å². The first-order valence-electron chi connectivity index (χ1n) is 13.0. The van der Waals surface area contributed by atoms with E-state index < -0.39 is 8.80 Å². The van der Waals surface area contributed by atoms with E-state index in [1.165, 1.54) is 96.3 Å². The Hall–Kier alpha value is 0.0969. The third-order valence-electron chi connectivity index (χ3n) is 6.82. The molecule has 0 fully saturated rings. The predicted octanol–water partition coefficient (Wildman–Crippen LogP) is 8.75. The average molecular weight is 444 g/mol. The van der Waals surface area contributed by atoms with Crippen LogP contribution in [-0.4, -0.2) is 30.1 Å². The van der Waals surface area contributed by atoms with Crippen LogP contribution in [0.25, 0.3) is 0 Å². The molecule has 0 saturated heterocycles. The first kappa shape index (κ1) is 30.1. The van der Waals surface area contributed by atoms with Crippen LogP contribution in [0.2, 0.25) is 6.04 Å². The largest absolute Gasteiger partial charge is 0.500 e. The molecular weight excluding hydrogens is 388 g/mol. The molecule has 4 heteroatoms. The maximum atomic E-state index is 5.52. The lowest BCUT2D eigenvalue weighted by Crippen LogP contribution is -2.42. The van der Waals surface area contributed by atoms with E-state index in [0.29, 0.717) is 0 Å². The van der Waals surface area contributed by atoms with Crippen molar-refractivity contribution in [3.8, 4) is 0 Å². The SMILES string of the molecule is CCCCCCCCCCCCCCCCC(C)[C](C)CCC[Si](OC)(OC)OC. The lowest BCUT2D eigenvalue weighted by Gasteiger charge is -2.25. The van der Waals surface area contributed by atoms with E-state index in [-0.39, 0.29) is 0 Å². The minimum absolute atomic E-state index is 0.728. The maximum absolute atomic E-state index is 5.52. The van der Waals surface area contributed by atoms with Crippen molar-refractivity contribution in [3.63, 3.8) is 0 Å². The standard InChI is InChI=1S/C26H55O3Si/c1-7-8-9-10-11-12-13-14-15-16-17-18-19-20-22-25(2)26(3)23-21-24-30(27-4,28-5)29-6/h25H,7-24H2,1-6H3. The molecule has 0 spiro atoms. The molecule has 1 unspecified atom stereocenters. The summed E-state index contributed by atoms with van der Waals surface area (Å²) >= 11 is 0. The topological polar surface area (TPSA) is 27.7 Å². The Labute approximate surface area is 191 Å². The summed E-state index contributed by atoms with van der Waals surface area (Å²) in [6.07, 6.45) is 23.7. The third kappa shape index (κ3) is 15.8. The maximum Gasteiger partial charge on any atom is 0.500 e. The number of hydrogen-bond acceptors (Lipinski definition) is 3. The Balaban J connectivity index is 3.50. The molecule has 0 aliphatic rings. The average Bonchev–Trinajstić information content (AvgIpc) is 2.77. The summed E-state index contributed by atoms with van der Waals surface area (Å²) in [6, 6.07) is 0.902. The van der Waals surface area contributed by atoms with Crippen LogP contribution < -0.4 is 0 Å². The predicted molar refractivity (Wildman–Crippen MR) is 134 cm³/mol. The van der Waals surface area contributed by atoms with E-state index in [0.717, 1.165) is 24.8 Å². The van der Waals surface area contributed by atoms with Gasteiger partial charge in [0.15, 0.2) is 0 Å². The summed E-state index contributed by atoms with van der Waals surface area (Å²) in [5.74, 6) is 2.35. The molecule has 181 valence electrons. The normalized spacial score (nSPS) is 13.3. The summed E-state index contributed by atoms with van der Waals surface area (Å²) in [7, 11) is 2.71. The molecule has 0 N–H and O–H groups in total. The van der Waals surface area contributed by atoms with Gasteiger partial charge in [0.2, 0.25) is 0 Å². The molecule has 0 rings (SSSR count). The monoisotopic (exact) mass is 443 g/mol. The van der Waals surface area contributed by atoms with Crippen molar-refractivity contribution < 1.29 is 13.3 Å². The zero-order valence-electron chi connectivity index (χ0n) is 21.5. The molecule has 0 saturated carbocycles. The highest BCUT2D eigenvalue weighted by molar-refractivity contribution is 6.60. The van der Waals surface area contributed by atoms with Crippen LogP contribution in [-0.2, 0) is 13.3 Å². The molecule has 0 aliphatic carbocycles. The Morgan fingerprint density at radius 3 is 1.43 bits per heavy atom. The summed E-state index contributed by atoms with van der Waals surface area (Å²) < 4.78 is 16.6. The van der Waals surface area contributed by atoms with Crippen LogP contribution in [0.3, 0.4) is 0 Å². The molecule has 0 bridgehead atoms. The fourth-order valence-corrected chi connectivity index (χ4v) is 6.00. The van der Waals surface area contributed by atoms with Crippen molar-refractivity contribution in [1.29, 1.82) is 0 Å². The molecule has 3 nitrogen and oxygen atoms in total. The molecule has 1 atom stereocenters. The van der Waals surface area contributed by atoms with Gasteiger partial charge in [-0.3, -0.25) is 0 Å². The summed E-state index contributed by atoms with van der Waals surface area (Å²) in [4.78, 5) is 0. The third-order valence-corrected chi connectivity index (χ3v) is 9.65. The minimum atomic E-state index is -2.39. The Morgan fingerprint density at radius 1 is 0.633 bits per heavy atom. The van der Waals surface area contributed by atoms with Crippen molar-refractivity contribution in [3.05, 3.63) is 5.92 Å². The van der Waals surface area contributed by atoms with Gasteiger partial charge in [-0.25, -0.2) is 0 Å². The van der Waals surface area contributed by atoms with Crippen LogP contribution in [0.15, 0.2) is 0 Å². The van der Waals surface area contributed by atoms with E-state index >= 15 is 0 Å². The molecule has 0 aromatic rings. The minimum Gasteiger partial charge on any atom is -0.377 e. The van der Waals surface area contributed by atoms with Crippen LogP contribution in [0.4, 0.5) is 0 Å². The fourth-order valence-electron chi connectivity index (χ4n) is 4.28. The molecular formula is C26H55O3Si. The quantitative estimate of drug-likeness (QED) is 0.117. The Kier molecular flexibility index (Phi) is 21.0. The lowest BCUT2D eigenvalue weighted by molar-refractivity contribution is 0.123. The van der Waals surface area contributed by atoms with Crippen molar-refractivity contribution >= 4 is 8.80 Å². The summed E-state index contributed by atoms with van der Waals surface area (Å²) in [5, 5.41) is 0. The Morgan fingerprint density at radius 2 is 1.03 bits per heavy atom. The van der Waals surface area contributed by atoms with Gasteiger partial charge in [0.1, 0.15) is 0 Å². The molecule has 0 aliphatic heterocycles. The lowest BCUT2D eigenvalue weighted by atomic mass is 9.87. The van der Waals surface area contributed by atoms with Crippen molar-refractivity contribution in [1.82, 2.24) is 0 Å². The van der Waals surface area contributed by atoms with Gasteiger partial charge >= 0.3 is 8.80 Å². The molecule has 30 heavy (non-hydrogen) atoms. The molecule has 0 aromatic carbocycles. The second kappa shape index (κ2) is 21.0. The van der Waals surface area contributed by atoms with E-state index in [1.54, 1.807) is 27.2 Å². The van der Waals surface area contributed by atoms with E-state index in [4.69, 9.17) is 13.3 Å². The van der Waals surface area contributed by atoms with Gasteiger partial charge in [0.25, 0.3) is 0 Å². The fraction of sp³-hybridized carbons (Fsp3) is 0.962. The van der Waals surface area contributed by atoms with Gasteiger partial charge in [-0.05, 0) is 24.7 Å². The van der Waals surface area contributed by atoms with Gasteiger partial charge in [-0.15, -0.1) is 0 Å². The second-order valence-electron chi connectivity index (χ2n) is 9.28. The second-order valence-corrected chi connectivity index (χ2v) is 12.4. The number of hydrogen-bond donors (Lipinski definition) is 0. The number of unbranched alkanes of at least 4 members (excludes halogenated alkanes) is 13. The molecule has 0 aromatic heterocycles. The van der Waals surface area contributed by atoms with Crippen molar-refractivity contribution in [2.45, 2.75) is 136 Å². The van der Waals surface area contributed by atoms with Gasteiger partial charge in [-0.1, -0.05) is 117 Å². The highest BCUT2D eigenvalue weighted by Crippen LogP contribution is 2.27. The summed E-state index contributed by atoms with van der Waals surface area (Å²) in [6.45, 7) is 7.01. The van der Waals surface area contributed by atoms with Crippen molar-refractivity contribution in [2.24, 2.45) is 5.92 Å². The zero-order chi connectivity index (χ0) is 22.5. The number of rotatable bonds is 23. The van der Waals surface area contributed by atoms with Crippen LogP contribution in [0.1, 0.15) is 130 Å². The molecule has 0 heterocycles. The van der Waals surface area contributed by atoms with E-state index in [2.05, 4.69) is 20.8 Å². The van der Waals surface area contributed by atoms with Crippen LogP contribution >= 0.6 is 0 Å². The van der Waals surface area contributed by atoms with Gasteiger partial charge in [-0.2, -0.15) is 0 Å². The molecule has 0 amide bonds. The summed E-state index contributed by atoms with van der Waals surface area (Å²) in [5.41, 5.74) is 0.